The Bertz CT molecular complexity index is 919. The number of rotatable bonds is 6. The molecule has 9 heteroatoms. The summed E-state index contributed by atoms with van der Waals surface area (Å²) in [4.78, 5) is 6.30. The van der Waals surface area contributed by atoms with Crippen LogP contribution in [0.5, 0.6) is 0 Å². The Labute approximate surface area is 165 Å². The molecule has 3 rings (SSSR count). The monoisotopic (exact) mass is 405 g/mol. The van der Waals surface area contributed by atoms with E-state index in [9.17, 15) is 17.6 Å². The topological polar surface area (TPSA) is 57.8 Å². The molecule has 0 bridgehead atoms. The lowest BCUT2D eigenvalue weighted by atomic mass is 10.1. The van der Waals surface area contributed by atoms with Crippen molar-refractivity contribution in [3.63, 3.8) is 0 Å². The van der Waals surface area contributed by atoms with Crippen LogP contribution in [0.2, 0.25) is 0 Å². The first-order chi connectivity index (χ1) is 13.9. The number of halogens is 4. The van der Waals surface area contributed by atoms with E-state index in [1.807, 2.05) is 6.07 Å². The predicted molar refractivity (Wildman–Crippen MR) is 105 cm³/mol. The van der Waals surface area contributed by atoms with Gasteiger partial charge >= 0.3 is 6.18 Å². The van der Waals surface area contributed by atoms with Gasteiger partial charge in [0.25, 0.3) is 0 Å². The van der Waals surface area contributed by atoms with Crippen LogP contribution in [0.15, 0.2) is 59.5 Å². The molecule has 1 aromatic heterocycles. The lowest BCUT2D eigenvalue weighted by Crippen LogP contribution is -2.29. The van der Waals surface area contributed by atoms with E-state index in [1.165, 1.54) is 12.1 Å². The summed E-state index contributed by atoms with van der Waals surface area (Å²) in [6, 6.07) is 10.3. The zero-order valence-electron chi connectivity index (χ0n) is 15.4. The third-order valence-corrected chi connectivity index (χ3v) is 4.21. The van der Waals surface area contributed by atoms with Crippen molar-refractivity contribution >= 4 is 24.3 Å². The summed E-state index contributed by atoms with van der Waals surface area (Å²) in [6.07, 6.45) is 1.14. The standard InChI is InChI=1S/C20H19F4N5/c21-10-16(11-25)12-29-14-28(13-26-29)19-3-1-2-18(27-19)9-6-15-4-7-17(8-5-15)20(22,23)24/h1-10,13H,11-12,14,25H2/b9-6+,16-10+. The first-order valence-electron chi connectivity index (χ1n) is 8.75. The van der Waals surface area contributed by atoms with E-state index < -0.39 is 11.7 Å². The van der Waals surface area contributed by atoms with Crippen molar-refractivity contribution in [2.24, 2.45) is 10.8 Å². The van der Waals surface area contributed by atoms with Crippen molar-refractivity contribution in [1.29, 1.82) is 0 Å². The van der Waals surface area contributed by atoms with Gasteiger partial charge in [-0.2, -0.15) is 18.3 Å². The fraction of sp³-hybridized carbons (Fsp3) is 0.200. The Hall–Kier alpha value is -3.20. The molecule has 29 heavy (non-hydrogen) atoms. The van der Waals surface area contributed by atoms with Gasteiger partial charge in [-0.1, -0.05) is 24.3 Å². The molecule has 1 aromatic carbocycles. The molecule has 1 aliphatic heterocycles. The lowest BCUT2D eigenvalue weighted by molar-refractivity contribution is -0.137. The summed E-state index contributed by atoms with van der Waals surface area (Å²) in [7, 11) is 0. The molecule has 0 saturated heterocycles. The Morgan fingerprint density at radius 1 is 1.10 bits per heavy atom. The first-order valence-corrected chi connectivity index (χ1v) is 8.75. The van der Waals surface area contributed by atoms with Crippen LogP contribution in [0, 0.1) is 0 Å². The SMILES string of the molecule is NC/C(=C\F)CN1CN(c2cccc(/C=C/c3ccc(C(F)(F)F)cc3)n2)C=N1. The summed E-state index contributed by atoms with van der Waals surface area (Å²) >= 11 is 0. The largest absolute Gasteiger partial charge is 0.416 e. The van der Waals surface area contributed by atoms with Crippen LogP contribution in [0.4, 0.5) is 23.4 Å². The summed E-state index contributed by atoms with van der Waals surface area (Å²) in [5.74, 6) is 0.643. The molecule has 1 aliphatic rings. The number of benzene rings is 1. The molecule has 0 amide bonds. The number of nitrogens with two attached hydrogens (primary N) is 1. The molecule has 0 spiro atoms. The third kappa shape index (κ3) is 5.41. The van der Waals surface area contributed by atoms with Gasteiger partial charge in [-0.25, -0.2) is 9.37 Å². The molecule has 0 atom stereocenters. The molecule has 0 saturated carbocycles. The highest BCUT2D eigenvalue weighted by Crippen LogP contribution is 2.29. The third-order valence-electron chi connectivity index (χ3n) is 4.21. The van der Waals surface area contributed by atoms with E-state index in [0.29, 0.717) is 35.6 Å². The van der Waals surface area contributed by atoms with Crippen molar-refractivity contribution < 1.29 is 17.6 Å². The average Bonchev–Trinajstić information content (AvgIpc) is 3.19. The van der Waals surface area contributed by atoms with Gasteiger partial charge in [0.2, 0.25) is 0 Å². The number of pyridine rings is 1. The lowest BCUT2D eigenvalue weighted by Gasteiger charge is -2.19. The highest BCUT2D eigenvalue weighted by atomic mass is 19.4. The molecule has 5 nitrogen and oxygen atoms in total. The number of hydrazone groups is 1. The normalized spacial score (nSPS) is 15.0. The van der Waals surface area contributed by atoms with Crippen LogP contribution >= 0.6 is 0 Å². The molecular weight excluding hydrogens is 386 g/mol. The van der Waals surface area contributed by atoms with Crippen LogP contribution < -0.4 is 10.6 Å². The van der Waals surface area contributed by atoms with Crippen molar-refractivity contribution in [2.45, 2.75) is 6.18 Å². The summed E-state index contributed by atoms with van der Waals surface area (Å²) in [5.41, 5.74) is 6.48. The smallest absolute Gasteiger partial charge is 0.327 e. The Kier molecular flexibility index (Phi) is 6.28. The Morgan fingerprint density at radius 3 is 2.52 bits per heavy atom. The van der Waals surface area contributed by atoms with Gasteiger partial charge in [-0.3, -0.25) is 9.91 Å². The number of aromatic nitrogens is 1. The van der Waals surface area contributed by atoms with Gasteiger partial charge < -0.3 is 5.73 Å². The van der Waals surface area contributed by atoms with Gasteiger partial charge in [0.1, 0.15) is 18.8 Å². The number of anilines is 1. The molecule has 2 aromatic rings. The zero-order chi connectivity index (χ0) is 20.9. The number of hydrogen-bond donors (Lipinski definition) is 1. The zero-order valence-corrected chi connectivity index (χ0v) is 15.4. The summed E-state index contributed by atoms with van der Waals surface area (Å²) < 4.78 is 50.6. The van der Waals surface area contributed by atoms with Crippen LogP contribution in [0.25, 0.3) is 12.2 Å². The molecule has 0 radical (unpaired) electrons. The van der Waals surface area contributed by atoms with Crippen LogP contribution in [-0.2, 0) is 6.18 Å². The van der Waals surface area contributed by atoms with Crippen molar-refractivity contribution in [3.05, 3.63) is 71.2 Å². The van der Waals surface area contributed by atoms with Crippen molar-refractivity contribution in [3.8, 4) is 0 Å². The molecule has 2 heterocycles. The van der Waals surface area contributed by atoms with E-state index in [1.54, 1.807) is 40.5 Å². The molecule has 0 fully saturated rings. The maximum Gasteiger partial charge on any atom is 0.416 e. The number of alkyl halides is 3. The highest BCUT2D eigenvalue weighted by molar-refractivity contribution is 5.79. The molecule has 2 N–H and O–H groups in total. The van der Waals surface area contributed by atoms with Crippen LogP contribution in [0.1, 0.15) is 16.8 Å². The fourth-order valence-electron chi connectivity index (χ4n) is 2.64. The van der Waals surface area contributed by atoms with Crippen LogP contribution in [-0.4, -0.2) is 36.1 Å². The number of hydrogen-bond acceptors (Lipinski definition) is 5. The molecule has 0 aliphatic carbocycles. The van der Waals surface area contributed by atoms with Gasteiger partial charge in [0.15, 0.2) is 0 Å². The van der Waals surface area contributed by atoms with Gasteiger partial charge in [-0.05, 0) is 41.5 Å². The second kappa shape index (κ2) is 8.87. The summed E-state index contributed by atoms with van der Waals surface area (Å²) in [6.45, 7) is 0.801. The minimum Gasteiger partial charge on any atom is -0.327 e. The average molecular weight is 405 g/mol. The van der Waals surface area contributed by atoms with E-state index in [-0.39, 0.29) is 13.1 Å². The van der Waals surface area contributed by atoms with Crippen molar-refractivity contribution in [1.82, 2.24) is 9.99 Å². The Morgan fingerprint density at radius 2 is 1.86 bits per heavy atom. The fourth-order valence-corrected chi connectivity index (χ4v) is 2.64. The first kappa shape index (κ1) is 20.5. The molecule has 0 unspecified atom stereocenters. The second-order valence-electron chi connectivity index (χ2n) is 6.35. The van der Waals surface area contributed by atoms with E-state index in [4.69, 9.17) is 5.73 Å². The Balaban J connectivity index is 1.66. The minimum absolute atomic E-state index is 0.116. The molecule has 152 valence electrons. The van der Waals surface area contributed by atoms with Crippen molar-refractivity contribution in [2.75, 3.05) is 24.7 Å². The van der Waals surface area contributed by atoms with E-state index in [2.05, 4.69) is 10.1 Å². The van der Waals surface area contributed by atoms with Gasteiger partial charge in [0, 0.05) is 6.54 Å². The second-order valence-corrected chi connectivity index (χ2v) is 6.35. The van der Waals surface area contributed by atoms with Crippen LogP contribution in [0.3, 0.4) is 0 Å². The molecular formula is C20H19F4N5. The minimum atomic E-state index is -4.35. The van der Waals surface area contributed by atoms with E-state index in [0.717, 1.165) is 12.1 Å². The summed E-state index contributed by atoms with van der Waals surface area (Å²) in [5, 5.41) is 5.86. The van der Waals surface area contributed by atoms with Gasteiger partial charge in [-0.15, -0.1) is 0 Å². The number of nitrogens with zero attached hydrogens (tertiary/aromatic N) is 4. The van der Waals surface area contributed by atoms with E-state index >= 15 is 0 Å². The predicted octanol–water partition coefficient (Wildman–Crippen LogP) is 4.11. The maximum absolute atomic E-state index is 12.7. The quantitative estimate of drug-likeness (QED) is 0.735. The highest BCUT2D eigenvalue weighted by Gasteiger charge is 2.29. The van der Waals surface area contributed by atoms with Gasteiger partial charge in [0.05, 0.1) is 24.1 Å². The maximum atomic E-state index is 12.7.